The number of ether oxygens (including phenoxy) is 1. The first-order valence-corrected chi connectivity index (χ1v) is 9.97. The van der Waals surface area contributed by atoms with Gasteiger partial charge in [0.1, 0.15) is 5.58 Å². The lowest BCUT2D eigenvalue weighted by atomic mass is 9.96. The van der Waals surface area contributed by atoms with Crippen LogP contribution < -0.4 is 10.7 Å². The maximum atomic E-state index is 12.4. The molecule has 1 N–H and O–H groups in total. The first kappa shape index (κ1) is 21.3. The van der Waals surface area contributed by atoms with Gasteiger partial charge in [-0.1, -0.05) is 48.9 Å². The van der Waals surface area contributed by atoms with Crippen molar-refractivity contribution in [3.63, 3.8) is 0 Å². The van der Waals surface area contributed by atoms with E-state index < -0.39 is 18.0 Å². The number of esters is 1. The Bertz CT molecular complexity index is 1100. The monoisotopic (exact) mass is 407 g/mol. The van der Waals surface area contributed by atoms with Crippen LogP contribution in [0.1, 0.15) is 47.9 Å². The summed E-state index contributed by atoms with van der Waals surface area (Å²) in [5.41, 5.74) is 2.01. The molecule has 0 saturated carbocycles. The molecule has 0 aliphatic heterocycles. The van der Waals surface area contributed by atoms with Crippen LogP contribution in [-0.4, -0.2) is 24.5 Å². The molecule has 3 aromatic rings. The molecule has 1 aromatic heterocycles. The molecule has 0 spiro atoms. The molecular weight excluding hydrogens is 382 g/mol. The third-order valence-electron chi connectivity index (χ3n) is 5.02. The minimum absolute atomic E-state index is 0.167. The first-order chi connectivity index (χ1) is 14.4. The number of fused-ring (bicyclic) bond motifs is 1. The van der Waals surface area contributed by atoms with E-state index in [1.165, 1.54) is 6.92 Å². The lowest BCUT2D eigenvalue weighted by Crippen LogP contribution is -2.38. The van der Waals surface area contributed by atoms with E-state index in [9.17, 15) is 14.4 Å². The number of nitrogens with one attached hydrogen (secondary N) is 1. The number of hydrogen-bond donors (Lipinski definition) is 1. The summed E-state index contributed by atoms with van der Waals surface area (Å²) in [5, 5.41) is 3.22. The quantitative estimate of drug-likeness (QED) is 0.599. The van der Waals surface area contributed by atoms with E-state index in [2.05, 4.69) is 12.2 Å². The van der Waals surface area contributed by atoms with Crippen LogP contribution in [0.3, 0.4) is 0 Å². The highest BCUT2D eigenvalue weighted by Gasteiger charge is 2.22. The minimum atomic E-state index is -1.02. The average Bonchev–Trinajstić information content (AvgIpc) is 2.75. The molecule has 2 atom stereocenters. The van der Waals surface area contributed by atoms with Crippen molar-refractivity contribution in [3.8, 4) is 0 Å². The Morgan fingerprint density at radius 3 is 2.53 bits per heavy atom. The number of carbonyl (C=O) groups is 2. The molecule has 6 nitrogen and oxygen atoms in total. The second-order valence-electron chi connectivity index (χ2n) is 7.28. The van der Waals surface area contributed by atoms with Crippen LogP contribution in [0.15, 0.2) is 63.8 Å². The molecule has 1 amide bonds. The van der Waals surface area contributed by atoms with E-state index >= 15 is 0 Å². The van der Waals surface area contributed by atoms with Crippen molar-refractivity contribution in [1.82, 2.24) is 5.32 Å². The van der Waals surface area contributed by atoms with Crippen molar-refractivity contribution in [2.45, 2.75) is 39.2 Å². The van der Waals surface area contributed by atoms with E-state index in [0.29, 0.717) is 17.5 Å². The van der Waals surface area contributed by atoms with Crippen molar-refractivity contribution in [2.75, 3.05) is 6.54 Å². The number of benzene rings is 2. The molecule has 1 heterocycles. The summed E-state index contributed by atoms with van der Waals surface area (Å²) in [6, 6.07) is 16.1. The fraction of sp³-hybridized carbons (Fsp3) is 0.292. The fourth-order valence-corrected chi connectivity index (χ4v) is 3.23. The SMILES string of the molecule is CC[C@H](CNC(=O)[C@@H](C)OC(=O)c1cc(=O)c2cc(C)ccc2o1)c1ccccc1. The summed E-state index contributed by atoms with van der Waals surface area (Å²) in [5.74, 6) is -1.32. The molecule has 3 rings (SSSR count). The second-order valence-corrected chi connectivity index (χ2v) is 7.28. The molecule has 2 aromatic carbocycles. The third kappa shape index (κ3) is 4.95. The number of carbonyl (C=O) groups excluding carboxylic acids is 2. The van der Waals surface area contributed by atoms with Crippen molar-refractivity contribution < 1.29 is 18.7 Å². The lowest BCUT2D eigenvalue weighted by Gasteiger charge is -2.18. The van der Waals surface area contributed by atoms with Gasteiger partial charge in [0.05, 0.1) is 5.39 Å². The molecule has 0 radical (unpaired) electrons. The van der Waals surface area contributed by atoms with Crippen molar-refractivity contribution >= 4 is 22.8 Å². The largest absolute Gasteiger partial charge is 0.449 e. The summed E-state index contributed by atoms with van der Waals surface area (Å²) >= 11 is 0. The normalized spacial score (nSPS) is 12.9. The van der Waals surface area contributed by atoms with Crippen molar-refractivity contribution in [2.24, 2.45) is 0 Å². The van der Waals surface area contributed by atoms with Gasteiger partial charge in [-0.2, -0.15) is 0 Å². The number of hydrogen-bond acceptors (Lipinski definition) is 5. The molecule has 0 bridgehead atoms. The summed E-state index contributed by atoms with van der Waals surface area (Å²) in [4.78, 5) is 37.1. The molecule has 30 heavy (non-hydrogen) atoms. The van der Waals surface area contributed by atoms with Crippen LogP contribution >= 0.6 is 0 Å². The van der Waals surface area contributed by atoms with Crippen LogP contribution in [-0.2, 0) is 9.53 Å². The molecule has 0 aliphatic carbocycles. The average molecular weight is 407 g/mol. The highest BCUT2D eigenvalue weighted by molar-refractivity contribution is 5.91. The van der Waals surface area contributed by atoms with Gasteiger partial charge >= 0.3 is 5.97 Å². The van der Waals surface area contributed by atoms with Crippen LogP contribution in [0, 0.1) is 6.92 Å². The highest BCUT2D eigenvalue weighted by atomic mass is 16.6. The first-order valence-electron chi connectivity index (χ1n) is 9.97. The second kappa shape index (κ2) is 9.39. The minimum Gasteiger partial charge on any atom is -0.449 e. The Balaban J connectivity index is 1.63. The molecule has 156 valence electrons. The van der Waals surface area contributed by atoms with E-state index in [-0.39, 0.29) is 17.1 Å². The third-order valence-corrected chi connectivity index (χ3v) is 5.02. The van der Waals surface area contributed by atoms with Crippen LogP contribution in [0.2, 0.25) is 0 Å². The van der Waals surface area contributed by atoms with E-state index in [1.54, 1.807) is 18.2 Å². The number of rotatable bonds is 7. The standard InChI is InChI=1S/C24H25NO5/c1-4-17(18-8-6-5-7-9-18)14-25-23(27)16(3)29-24(28)22-13-20(26)19-12-15(2)10-11-21(19)30-22/h5-13,16-17H,4,14H2,1-3H3,(H,25,27)/t16-,17-/m1/s1. The molecular formula is C24H25NO5. The van der Waals surface area contributed by atoms with E-state index in [4.69, 9.17) is 9.15 Å². The fourth-order valence-electron chi connectivity index (χ4n) is 3.23. The Morgan fingerprint density at radius 1 is 1.10 bits per heavy atom. The molecule has 0 unspecified atom stereocenters. The van der Waals surface area contributed by atoms with Gasteiger partial charge in [-0.3, -0.25) is 9.59 Å². The van der Waals surface area contributed by atoms with Gasteiger partial charge in [0.2, 0.25) is 5.76 Å². The zero-order valence-electron chi connectivity index (χ0n) is 17.3. The van der Waals surface area contributed by atoms with E-state index in [0.717, 1.165) is 23.6 Å². The lowest BCUT2D eigenvalue weighted by molar-refractivity contribution is -0.129. The zero-order valence-corrected chi connectivity index (χ0v) is 17.3. The van der Waals surface area contributed by atoms with Gasteiger partial charge in [-0.15, -0.1) is 0 Å². The maximum Gasteiger partial charge on any atom is 0.375 e. The van der Waals surface area contributed by atoms with Gasteiger partial charge in [-0.25, -0.2) is 4.79 Å². The van der Waals surface area contributed by atoms with Crippen molar-refractivity contribution in [1.29, 1.82) is 0 Å². The molecule has 0 fully saturated rings. The van der Waals surface area contributed by atoms with Crippen LogP contribution in [0.4, 0.5) is 0 Å². The molecule has 0 saturated heterocycles. The molecule has 0 aliphatic rings. The van der Waals surface area contributed by atoms with Crippen molar-refractivity contribution in [3.05, 3.63) is 81.7 Å². The summed E-state index contributed by atoms with van der Waals surface area (Å²) in [6.45, 7) is 5.84. The maximum absolute atomic E-state index is 12.4. The summed E-state index contributed by atoms with van der Waals surface area (Å²) in [6.07, 6.45) is -0.162. The van der Waals surface area contributed by atoms with Gasteiger partial charge in [-0.05, 0) is 38.0 Å². The Morgan fingerprint density at radius 2 is 1.83 bits per heavy atom. The smallest absolute Gasteiger partial charge is 0.375 e. The van der Waals surface area contributed by atoms with Gasteiger partial charge in [0.15, 0.2) is 11.5 Å². The van der Waals surface area contributed by atoms with Crippen LogP contribution in [0.25, 0.3) is 11.0 Å². The summed E-state index contributed by atoms with van der Waals surface area (Å²) < 4.78 is 10.7. The topological polar surface area (TPSA) is 85.6 Å². The van der Waals surface area contributed by atoms with Gasteiger partial charge in [0, 0.05) is 18.5 Å². The predicted molar refractivity (Wildman–Crippen MR) is 115 cm³/mol. The number of aryl methyl sites for hydroxylation is 1. The Hall–Kier alpha value is -3.41. The van der Waals surface area contributed by atoms with Gasteiger partial charge < -0.3 is 14.5 Å². The summed E-state index contributed by atoms with van der Waals surface area (Å²) in [7, 11) is 0. The predicted octanol–water partition coefficient (Wildman–Crippen LogP) is 3.96. The Kier molecular flexibility index (Phi) is 6.67. The Labute approximate surface area is 174 Å². The van der Waals surface area contributed by atoms with Gasteiger partial charge in [0.25, 0.3) is 5.91 Å². The molecule has 6 heteroatoms. The number of amides is 1. The van der Waals surface area contributed by atoms with Crippen LogP contribution in [0.5, 0.6) is 0 Å². The highest BCUT2D eigenvalue weighted by Crippen LogP contribution is 2.18. The van der Waals surface area contributed by atoms with E-state index in [1.807, 2.05) is 37.3 Å². The zero-order chi connectivity index (χ0) is 21.7.